The third-order valence-corrected chi connectivity index (χ3v) is 3.31. The van der Waals surface area contributed by atoms with E-state index in [0.29, 0.717) is 6.54 Å². The number of carbonyl (C=O) groups excluding carboxylic acids is 1. The molecule has 0 aromatic heterocycles. The first-order chi connectivity index (χ1) is 9.45. The van der Waals surface area contributed by atoms with Gasteiger partial charge in [0.15, 0.2) is 0 Å². The fourth-order valence-corrected chi connectivity index (χ4v) is 2.02. The molecule has 0 saturated carbocycles. The third-order valence-electron chi connectivity index (χ3n) is 3.31. The van der Waals surface area contributed by atoms with E-state index in [-0.39, 0.29) is 11.8 Å². The molecule has 2 N–H and O–H groups in total. The van der Waals surface area contributed by atoms with Gasteiger partial charge in [-0.05, 0) is 38.0 Å². The van der Waals surface area contributed by atoms with Gasteiger partial charge in [-0.1, -0.05) is 38.3 Å². The zero-order chi connectivity index (χ0) is 15.0. The Morgan fingerprint density at radius 1 is 1.15 bits per heavy atom. The van der Waals surface area contributed by atoms with Gasteiger partial charge in [-0.15, -0.1) is 0 Å². The fraction of sp³-hybridized carbons (Fsp3) is 0.562. The molecule has 112 valence electrons. The van der Waals surface area contributed by atoms with Crippen LogP contribution in [0, 0.1) is 5.82 Å². The second-order valence-electron chi connectivity index (χ2n) is 5.57. The van der Waals surface area contributed by atoms with E-state index in [2.05, 4.69) is 17.6 Å². The number of rotatable bonds is 7. The number of unbranched alkanes of at least 4 members (excludes halogenated alkanes) is 3. The number of carbonyl (C=O) groups is 1. The number of benzene rings is 1. The lowest BCUT2D eigenvalue weighted by Gasteiger charge is -2.27. The van der Waals surface area contributed by atoms with Gasteiger partial charge in [0.1, 0.15) is 5.82 Å². The monoisotopic (exact) mass is 280 g/mol. The van der Waals surface area contributed by atoms with Crippen LogP contribution in [0.15, 0.2) is 24.3 Å². The first-order valence-electron chi connectivity index (χ1n) is 7.28. The Bertz CT molecular complexity index is 415. The van der Waals surface area contributed by atoms with E-state index in [0.717, 1.165) is 18.4 Å². The van der Waals surface area contributed by atoms with Crippen LogP contribution in [0.25, 0.3) is 0 Å². The predicted molar refractivity (Wildman–Crippen MR) is 80.1 cm³/mol. The SMILES string of the molecule is CCCCCCNC(=O)NC(C)(C)c1ccc(F)cc1. The lowest BCUT2D eigenvalue weighted by Crippen LogP contribution is -2.46. The molecule has 0 radical (unpaired) electrons. The van der Waals surface area contributed by atoms with Gasteiger partial charge in [0, 0.05) is 6.54 Å². The molecule has 0 aliphatic rings. The molecule has 0 bridgehead atoms. The summed E-state index contributed by atoms with van der Waals surface area (Å²) in [4.78, 5) is 11.8. The van der Waals surface area contributed by atoms with Crippen molar-refractivity contribution in [3.63, 3.8) is 0 Å². The molecule has 0 fully saturated rings. The third kappa shape index (κ3) is 5.59. The molecule has 3 nitrogen and oxygen atoms in total. The van der Waals surface area contributed by atoms with Gasteiger partial charge in [0.05, 0.1) is 5.54 Å². The summed E-state index contributed by atoms with van der Waals surface area (Å²) >= 11 is 0. The minimum atomic E-state index is -0.527. The van der Waals surface area contributed by atoms with Crippen LogP contribution < -0.4 is 10.6 Å². The van der Waals surface area contributed by atoms with Crippen LogP contribution >= 0.6 is 0 Å². The second kappa shape index (κ2) is 7.88. The minimum Gasteiger partial charge on any atom is -0.338 e. The van der Waals surface area contributed by atoms with E-state index < -0.39 is 5.54 Å². The standard InChI is InChI=1S/C16H25FN2O/c1-4-5-6-7-12-18-15(20)19-16(2,3)13-8-10-14(17)11-9-13/h8-11H,4-7,12H2,1-3H3,(H2,18,19,20). The predicted octanol–water partition coefficient (Wildman–Crippen LogP) is 3.94. The van der Waals surface area contributed by atoms with Gasteiger partial charge in [0.2, 0.25) is 0 Å². The van der Waals surface area contributed by atoms with E-state index in [1.807, 2.05) is 13.8 Å². The smallest absolute Gasteiger partial charge is 0.315 e. The van der Waals surface area contributed by atoms with E-state index in [1.54, 1.807) is 12.1 Å². The highest BCUT2D eigenvalue weighted by Gasteiger charge is 2.22. The van der Waals surface area contributed by atoms with Crippen molar-refractivity contribution >= 4 is 6.03 Å². The largest absolute Gasteiger partial charge is 0.338 e. The van der Waals surface area contributed by atoms with E-state index in [1.165, 1.54) is 25.0 Å². The molecular weight excluding hydrogens is 255 g/mol. The molecule has 1 aromatic carbocycles. The van der Waals surface area contributed by atoms with E-state index in [4.69, 9.17) is 0 Å². The maximum Gasteiger partial charge on any atom is 0.315 e. The Morgan fingerprint density at radius 2 is 1.80 bits per heavy atom. The molecule has 4 heteroatoms. The van der Waals surface area contributed by atoms with Crippen molar-refractivity contribution in [2.45, 2.75) is 52.0 Å². The molecule has 0 saturated heterocycles. The minimum absolute atomic E-state index is 0.184. The van der Waals surface area contributed by atoms with Crippen molar-refractivity contribution < 1.29 is 9.18 Å². The molecule has 0 unspecified atom stereocenters. The Kier molecular flexibility index (Phi) is 6.49. The summed E-state index contributed by atoms with van der Waals surface area (Å²) in [6.45, 7) is 6.64. The second-order valence-corrected chi connectivity index (χ2v) is 5.57. The Labute approximate surface area is 121 Å². The highest BCUT2D eigenvalue weighted by Crippen LogP contribution is 2.19. The topological polar surface area (TPSA) is 41.1 Å². The molecule has 1 rings (SSSR count). The highest BCUT2D eigenvalue weighted by molar-refractivity contribution is 5.74. The Morgan fingerprint density at radius 3 is 2.40 bits per heavy atom. The quantitative estimate of drug-likeness (QED) is 0.730. The lowest BCUT2D eigenvalue weighted by molar-refractivity contribution is 0.230. The highest BCUT2D eigenvalue weighted by atomic mass is 19.1. The van der Waals surface area contributed by atoms with Gasteiger partial charge >= 0.3 is 6.03 Å². The zero-order valence-corrected chi connectivity index (χ0v) is 12.6. The van der Waals surface area contributed by atoms with Crippen LogP contribution in [0.5, 0.6) is 0 Å². The lowest BCUT2D eigenvalue weighted by atomic mass is 9.94. The van der Waals surface area contributed by atoms with Gasteiger partial charge in [-0.2, -0.15) is 0 Å². The number of amides is 2. The Hall–Kier alpha value is -1.58. The van der Waals surface area contributed by atoms with Crippen LogP contribution in [0.1, 0.15) is 52.0 Å². The zero-order valence-electron chi connectivity index (χ0n) is 12.6. The van der Waals surface area contributed by atoms with Crippen molar-refractivity contribution in [3.05, 3.63) is 35.6 Å². The first kappa shape index (κ1) is 16.5. The van der Waals surface area contributed by atoms with Crippen molar-refractivity contribution in [2.75, 3.05) is 6.54 Å². The summed E-state index contributed by atoms with van der Waals surface area (Å²) in [7, 11) is 0. The van der Waals surface area contributed by atoms with Gasteiger partial charge < -0.3 is 10.6 Å². The molecule has 20 heavy (non-hydrogen) atoms. The molecule has 0 aliphatic heterocycles. The van der Waals surface area contributed by atoms with Gasteiger partial charge in [-0.3, -0.25) is 0 Å². The summed E-state index contributed by atoms with van der Waals surface area (Å²) in [6, 6.07) is 6.01. The molecule has 0 spiro atoms. The van der Waals surface area contributed by atoms with Crippen LogP contribution in [0.4, 0.5) is 9.18 Å². The number of hydrogen-bond acceptors (Lipinski definition) is 1. The normalized spacial score (nSPS) is 11.2. The number of hydrogen-bond donors (Lipinski definition) is 2. The average molecular weight is 280 g/mol. The summed E-state index contributed by atoms with van der Waals surface area (Å²) in [6.07, 6.45) is 4.52. The number of urea groups is 1. The summed E-state index contributed by atoms with van der Waals surface area (Å²) in [5.74, 6) is -0.273. The van der Waals surface area contributed by atoms with Gasteiger partial charge in [0.25, 0.3) is 0 Å². The van der Waals surface area contributed by atoms with Crippen molar-refractivity contribution in [1.82, 2.24) is 10.6 Å². The summed E-state index contributed by atoms with van der Waals surface area (Å²) < 4.78 is 12.9. The maximum atomic E-state index is 12.9. The van der Waals surface area contributed by atoms with Crippen molar-refractivity contribution in [3.8, 4) is 0 Å². The van der Waals surface area contributed by atoms with E-state index >= 15 is 0 Å². The number of nitrogens with one attached hydrogen (secondary N) is 2. The molecule has 0 atom stereocenters. The van der Waals surface area contributed by atoms with Crippen LogP contribution in [-0.4, -0.2) is 12.6 Å². The van der Waals surface area contributed by atoms with Crippen molar-refractivity contribution in [1.29, 1.82) is 0 Å². The molecule has 1 aromatic rings. The fourth-order valence-electron chi connectivity index (χ4n) is 2.02. The van der Waals surface area contributed by atoms with E-state index in [9.17, 15) is 9.18 Å². The Balaban J connectivity index is 2.41. The number of halogens is 1. The van der Waals surface area contributed by atoms with Crippen LogP contribution in [0.2, 0.25) is 0 Å². The maximum absolute atomic E-state index is 12.9. The molecular formula is C16H25FN2O. The summed E-state index contributed by atoms with van der Waals surface area (Å²) in [5.41, 5.74) is 0.348. The molecule has 2 amide bonds. The van der Waals surface area contributed by atoms with Crippen molar-refractivity contribution in [2.24, 2.45) is 0 Å². The first-order valence-corrected chi connectivity index (χ1v) is 7.28. The summed E-state index contributed by atoms with van der Waals surface area (Å²) in [5, 5.41) is 5.77. The van der Waals surface area contributed by atoms with Crippen LogP contribution in [-0.2, 0) is 5.54 Å². The van der Waals surface area contributed by atoms with Gasteiger partial charge in [-0.25, -0.2) is 9.18 Å². The molecule has 0 heterocycles. The average Bonchev–Trinajstić information content (AvgIpc) is 2.38. The van der Waals surface area contributed by atoms with Crippen LogP contribution in [0.3, 0.4) is 0 Å². The molecule has 0 aliphatic carbocycles.